The molecule has 0 bridgehead atoms. The Bertz CT molecular complexity index is 442. The van der Waals surface area contributed by atoms with Crippen molar-refractivity contribution in [1.29, 1.82) is 0 Å². The van der Waals surface area contributed by atoms with Gasteiger partial charge in [0.25, 0.3) is 0 Å². The quantitative estimate of drug-likeness (QED) is 0.776. The van der Waals surface area contributed by atoms with Crippen LogP contribution in [0.15, 0.2) is 22.7 Å². The van der Waals surface area contributed by atoms with Crippen molar-refractivity contribution in [3.8, 4) is 5.75 Å². The molecule has 0 aromatic heterocycles. The molecule has 0 N–H and O–H groups in total. The molecule has 0 atom stereocenters. The maximum Gasteiger partial charge on any atom is 0.180 e. The summed E-state index contributed by atoms with van der Waals surface area (Å²) in [7, 11) is 0. The second-order valence-corrected chi connectivity index (χ2v) is 5.75. The van der Waals surface area contributed by atoms with Crippen LogP contribution in [-0.2, 0) is 0 Å². The summed E-state index contributed by atoms with van der Waals surface area (Å²) in [5.41, 5.74) is 0.682. The van der Waals surface area contributed by atoms with Crippen molar-refractivity contribution < 1.29 is 9.53 Å². The van der Waals surface area contributed by atoms with Gasteiger partial charge in [0.2, 0.25) is 0 Å². The van der Waals surface area contributed by atoms with E-state index in [0.29, 0.717) is 24.5 Å². The summed E-state index contributed by atoms with van der Waals surface area (Å²) in [5, 5.41) is 0. The molecule has 0 aliphatic carbocycles. The van der Waals surface area contributed by atoms with Crippen LogP contribution in [0.2, 0.25) is 0 Å². The lowest BCUT2D eigenvalue weighted by Crippen LogP contribution is -2.34. The summed E-state index contributed by atoms with van der Waals surface area (Å²) < 4.78 is 6.46. The van der Waals surface area contributed by atoms with Crippen LogP contribution in [0.4, 0.5) is 0 Å². The average molecular weight is 326 g/mol. The summed E-state index contributed by atoms with van der Waals surface area (Å²) in [6.07, 6.45) is 3.68. The molecule has 104 valence electrons. The van der Waals surface area contributed by atoms with Crippen LogP contribution in [0.3, 0.4) is 0 Å². The van der Waals surface area contributed by atoms with Crippen molar-refractivity contribution in [3.63, 3.8) is 0 Å². The van der Waals surface area contributed by atoms with Gasteiger partial charge in [0, 0.05) is 4.47 Å². The van der Waals surface area contributed by atoms with Crippen molar-refractivity contribution in [2.24, 2.45) is 0 Å². The number of nitrogens with zero attached hydrogens (tertiary/aromatic N) is 1. The number of likely N-dealkylation sites (tertiary alicyclic amines) is 1. The van der Waals surface area contributed by atoms with Crippen molar-refractivity contribution in [1.82, 2.24) is 4.90 Å². The van der Waals surface area contributed by atoms with Crippen LogP contribution >= 0.6 is 15.9 Å². The van der Waals surface area contributed by atoms with Crippen molar-refractivity contribution in [2.45, 2.75) is 26.2 Å². The number of piperidine rings is 1. The summed E-state index contributed by atoms with van der Waals surface area (Å²) in [6, 6.07) is 5.62. The van der Waals surface area contributed by atoms with Crippen LogP contribution in [-0.4, -0.2) is 36.9 Å². The van der Waals surface area contributed by atoms with Gasteiger partial charge < -0.3 is 4.74 Å². The highest BCUT2D eigenvalue weighted by Crippen LogP contribution is 2.24. The molecule has 0 radical (unpaired) electrons. The third-order valence-electron chi connectivity index (χ3n) is 3.36. The zero-order chi connectivity index (χ0) is 13.7. The van der Waals surface area contributed by atoms with Gasteiger partial charge in [-0.25, -0.2) is 0 Å². The fourth-order valence-electron chi connectivity index (χ4n) is 2.41. The van der Waals surface area contributed by atoms with E-state index in [1.54, 1.807) is 0 Å². The number of ether oxygens (including phenoxy) is 1. The first kappa shape index (κ1) is 14.5. The minimum Gasteiger partial charge on any atom is -0.493 e. The molecule has 1 saturated heterocycles. The molecule has 3 nitrogen and oxygen atoms in total. The fourth-order valence-corrected chi connectivity index (χ4v) is 2.77. The second kappa shape index (κ2) is 7.06. The average Bonchev–Trinajstić information content (AvgIpc) is 2.42. The lowest BCUT2D eigenvalue weighted by molar-refractivity contribution is 0.0912. The normalized spacial score (nSPS) is 16.3. The Morgan fingerprint density at radius 3 is 2.74 bits per heavy atom. The molecule has 0 saturated carbocycles. The Morgan fingerprint density at radius 1 is 1.32 bits per heavy atom. The summed E-state index contributed by atoms with van der Waals surface area (Å²) in [6.45, 7) is 5.07. The Morgan fingerprint density at radius 2 is 2.05 bits per heavy atom. The molecule has 1 aromatic carbocycles. The molecule has 1 aliphatic rings. The number of hydrogen-bond donors (Lipinski definition) is 0. The molecule has 0 unspecified atom stereocenters. The molecular formula is C15H20BrNO2. The lowest BCUT2D eigenvalue weighted by Gasteiger charge is -2.25. The van der Waals surface area contributed by atoms with E-state index in [2.05, 4.69) is 20.8 Å². The minimum atomic E-state index is 0.145. The lowest BCUT2D eigenvalue weighted by atomic mass is 10.1. The van der Waals surface area contributed by atoms with Gasteiger partial charge in [0.1, 0.15) is 5.75 Å². The maximum absolute atomic E-state index is 12.4. The van der Waals surface area contributed by atoms with Crippen LogP contribution in [0.1, 0.15) is 36.5 Å². The first-order chi connectivity index (χ1) is 9.20. The monoisotopic (exact) mass is 325 g/mol. The van der Waals surface area contributed by atoms with E-state index in [0.717, 1.165) is 17.6 Å². The van der Waals surface area contributed by atoms with E-state index in [1.807, 2.05) is 25.1 Å². The van der Waals surface area contributed by atoms with Crippen LogP contribution in [0.25, 0.3) is 0 Å². The fraction of sp³-hybridized carbons (Fsp3) is 0.533. The predicted molar refractivity (Wildman–Crippen MR) is 79.9 cm³/mol. The van der Waals surface area contributed by atoms with E-state index in [4.69, 9.17) is 4.74 Å². The number of ketones is 1. The summed E-state index contributed by atoms with van der Waals surface area (Å²) >= 11 is 3.42. The topological polar surface area (TPSA) is 29.5 Å². The van der Waals surface area contributed by atoms with Gasteiger partial charge in [0.05, 0.1) is 18.7 Å². The third-order valence-corrected chi connectivity index (χ3v) is 3.85. The van der Waals surface area contributed by atoms with E-state index < -0.39 is 0 Å². The molecule has 19 heavy (non-hydrogen) atoms. The van der Waals surface area contributed by atoms with Crippen molar-refractivity contribution in [3.05, 3.63) is 28.2 Å². The SMILES string of the molecule is CCOc1ccc(Br)cc1C(=O)CN1CCCCC1. The Kier molecular flexibility index (Phi) is 5.40. The Balaban J connectivity index is 2.10. The summed E-state index contributed by atoms with van der Waals surface area (Å²) in [4.78, 5) is 14.7. The second-order valence-electron chi connectivity index (χ2n) is 4.83. The van der Waals surface area contributed by atoms with Crippen LogP contribution < -0.4 is 4.74 Å². The molecule has 1 aromatic rings. The standard InChI is InChI=1S/C15H20BrNO2/c1-2-19-15-7-6-12(16)10-13(15)14(18)11-17-8-4-3-5-9-17/h6-7,10H,2-5,8-9,11H2,1H3. The molecule has 1 fully saturated rings. The Hall–Kier alpha value is -0.870. The van der Waals surface area contributed by atoms with Gasteiger partial charge in [0.15, 0.2) is 5.78 Å². The zero-order valence-corrected chi connectivity index (χ0v) is 12.9. The number of carbonyl (C=O) groups is 1. The number of hydrogen-bond acceptors (Lipinski definition) is 3. The number of Topliss-reactive ketones (excluding diaryl/α,β-unsaturated/α-hetero) is 1. The summed E-state index contributed by atoms with van der Waals surface area (Å²) in [5.74, 6) is 0.833. The number of carbonyl (C=O) groups excluding carboxylic acids is 1. The highest BCUT2D eigenvalue weighted by atomic mass is 79.9. The number of benzene rings is 1. The number of rotatable bonds is 5. The van der Waals surface area contributed by atoms with Gasteiger partial charge >= 0.3 is 0 Å². The first-order valence-electron chi connectivity index (χ1n) is 6.88. The largest absolute Gasteiger partial charge is 0.493 e. The van der Waals surface area contributed by atoms with E-state index in [-0.39, 0.29) is 5.78 Å². The highest BCUT2D eigenvalue weighted by molar-refractivity contribution is 9.10. The molecule has 2 rings (SSSR count). The maximum atomic E-state index is 12.4. The van der Waals surface area contributed by atoms with E-state index in [1.165, 1.54) is 19.3 Å². The molecule has 0 spiro atoms. The number of halogens is 1. The smallest absolute Gasteiger partial charge is 0.180 e. The van der Waals surface area contributed by atoms with Gasteiger partial charge in [-0.1, -0.05) is 22.4 Å². The van der Waals surface area contributed by atoms with Crippen LogP contribution in [0, 0.1) is 0 Å². The minimum absolute atomic E-state index is 0.145. The van der Waals surface area contributed by atoms with Crippen molar-refractivity contribution >= 4 is 21.7 Å². The molecule has 1 aliphatic heterocycles. The molecule has 4 heteroatoms. The van der Waals surface area contributed by atoms with E-state index >= 15 is 0 Å². The zero-order valence-electron chi connectivity index (χ0n) is 11.3. The van der Waals surface area contributed by atoms with Gasteiger partial charge in [-0.05, 0) is 51.1 Å². The van der Waals surface area contributed by atoms with Crippen molar-refractivity contribution in [2.75, 3.05) is 26.2 Å². The Labute approximate surface area is 123 Å². The predicted octanol–water partition coefficient (Wildman–Crippen LogP) is 3.52. The molecule has 0 amide bonds. The molecular weight excluding hydrogens is 306 g/mol. The van der Waals surface area contributed by atoms with Gasteiger partial charge in [-0.3, -0.25) is 9.69 Å². The highest BCUT2D eigenvalue weighted by Gasteiger charge is 2.18. The van der Waals surface area contributed by atoms with E-state index in [9.17, 15) is 4.79 Å². The van der Waals surface area contributed by atoms with Gasteiger partial charge in [-0.15, -0.1) is 0 Å². The third kappa shape index (κ3) is 4.05. The van der Waals surface area contributed by atoms with Crippen LogP contribution in [0.5, 0.6) is 5.75 Å². The molecule has 1 heterocycles. The van der Waals surface area contributed by atoms with Gasteiger partial charge in [-0.2, -0.15) is 0 Å². The first-order valence-corrected chi connectivity index (χ1v) is 7.68.